The third-order valence-corrected chi connectivity index (χ3v) is 1.88. The van der Waals surface area contributed by atoms with Crippen LogP contribution in [0, 0.1) is 0 Å². The van der Waals surface area contributed by atoms with Gasteiger partial charge in [-0.3, -0.25) is 0 Å². The van der Waals surface area contributed by atoms with Gasteiger partial charge in [0.1, 0.15) is 0 Å². The fourth-order valence-electron chi connectivity index (χ4n) is 1.27. The van der Waals surface area contributed by atoms with Crippen LogP contribution in [-0.2, 0) is 0 Å². The van der Waals surface area contributed by atoms with Gasteiger partial charge in [0, 0.05) is 13.1 Å². The Hall–Kier alpha value is -0.720. The Balaban J connectivity index is 3.64. The largest absolute Gasteiger partial charge is 0.378 e. The van der Waals surface area contributed by atoms with Crippen molar-refractivity contribution in [3.63, 3.8) is 0 Å². The maximum Gasteiger partial charge on any atom is 0.0169 e. The van der Waals surface area contributed by atoms with Gasteiger partial charge in [0.05, 0.1) is 0 Å². The van der Waals surface area contributed by atoms with Crippen LogP contribution in [0.25, 0.3) is 0 Å². The van der Waals surface area contributed by atoms with Crippen molar-refractivity contribution in [1.82, 2.24) is 4.90 Å². The van der Waals surface area contributed by atoms with E-state index in [9.17, 15) is 0 Å². The standard InChI is InChI=1S/C12H23N/c1-4-7-8-9-12-13(10-5-2)11-6-3/h4,9,12H,1,5-8,10-11H2,2-3H3. The quantitative estimate of drug-likeness (QED) is 0.408. The average Bonchev–Trinajstić information content (AvgIpc) is 2.13. The average molecular weight is 181 g/mol. The minimum Gasteiger partial charge on any atom is -0.378 e. The lowest BCUT2D eigenvalue weighted by molar-refractivity contribution is 0.374. The van der Waals surface area contributed by atoms with Gasteiger partial charge < -0.3 is 4.90 Å². The van der Waals surface area contributed by atoms with Crippen LogP contribution in [0.2, 0.25) is 0 Å². The highest BCUT2D eigenvalue weighted by Crippen LogP contribution is 1.98. The summed E-state index contributed by atoms with van der Waals surface area (Å²) in [5.41, 5.74) is 0. The Morgan fingerprint density at radius 2 is 1.69 bits per heavy atom. The van der Waals surface area contributed by atoms with Crippen molar-refractivity contribution in [1.29, 1.82) is 0 Å². The van der Waals surface area contributed by atoms with E-state index in [0.29, 0.717) is 0 Å². The van der Waals surface area contributed by atoms with Gasteiger partial charge in [-0.25, -0.2) is 0 Å². The second-order valence-corrected chi connectivity index (χ2v) is 3.29. The van der Waals surface area contributed by atoms with Crippen molar-refractivity contribution < 1.29 is 0 Å². The van der Waals surface area contributed by atoms with E-state index in [1.807, 2.05) is 6.08 Å². The summed E-state index contributed by atoms with van der Waals surface area (Å²) in [5.74, 6) is 0. The van der Waals surface area contributed by atoms with Crippen LogP contribution >= 0.6 is 0 Å². The van der Waals surface area contributed by atoms with Crippen LogP contribution in [0.15, 0.2) is 24.9 Å². The Morgan fingerprint density at radius 3 is 2.15 bits per heavy atom. The van der Waals surface area contributed by atoms with Crippen molar-refractivity contribution in [3.05, 3.63) is 24.9 Å². The first-order chi connectivity index (χ1) is 6.35. The van der Waals surface area contributed by atoms with Crippen LogP contribution in [0.3, 0.4) is 0 Å². The lowest BCUT2D eigenvalue weighted by Gasteiger charge is -2.18. The van der Waals surface area contributed by atoms with Crippen LogP contribution < -0.4 is 0 Å². The third-order valence-electron chi connectivity index (χ3n) is 1.88. The first-order valence-corrected chi connectivity index (χ1v) is 5.36. The van der Waals surface area contributed by atoms with Gasteiger partial charge in [-0.05, 0) is 31.9 Å². The molecule has 0 radical (unpaired) electrons. The molecule has 0 saturated heterocycles. The molecule has 0 unspecified atom stereocenters. The van der Waals surface area contributed by atoms with E-state index in [4.69, 9.17) is 0 Å². The van der Waals surface area contributed by atoms with Crippen LogP contribution in [0.5, 0.6) is 0 Å². The smallest absolute Gasteiger partial charge is 0.0169 e. The molecule has 1 heteroatoms. The molecule has 0 saturated carbocycles. The highest BCUT2D eigenvalue weighted by atomic mass is 15.1. The minimum absolute atomic E-state index is 1.09. The molecule has 13 heavy (non-hydrogen) atoms. The Labute approximate surface area is 83.1 Å². The van der Waals surface area contributed by atoms with Gasteiger partial charge in [-0.2, -0.15) is 0 Å². The summed E-state index contributed by atoms with van der Waals surface area (Å²) in [6, 6.07) is 0. The predicted molar refractivity (Wildman–Crippen MR) is 60.7 cm³/mol. The van der Waals surface area contributed by atoms with E-state index in [1.165, 1.54) is 25.9 Å². The van der Waals surface area contributed by atoms with Crippen molar-refractivity contribution in [3.8, 4) is 0 Å². The number of hydrogen-bond donors (Lipinski definition) is 0. The Bertz CT molecular complexity index is 132. The molecule has 1 nitrogen and oxygen atoms in total. The summed E-state index contributed by atoms with van der Waals surface area (Å²) in [4.78, 5) is 2.39. The molecule has 0 aromatic carbocycles. The minimum atomic E-state index is 1.09. The summed E-state index contributed by atoms with van der Waals surface area (Å²) >= 11 is 0. The molecule has 0 aromatic heterocycles. The molecule has 0 aliphatic carbocycles. The van der Waals surface area contributed by atoms with Crippen molar-refractivity contribution >= 4 is 0 Å². The second kappa shape index (κ2) is 9.37. The molecular formula is C12H23N. The first kappa shape index (κ1) is 12.3. The fraction of sp³-hybridized carbons (Fsp3) is 0.667. The molecule has 0 heterocycles. The Kier molecular flexibility index (Phi) is 8.85. The first-order valence-electron chi connectivity index (χ1n) is 5.36. The SMILES string of the molecule is C=CCCC=CN(CCC)CCC. The monoisotopic (exact) mass is 181 g/mol. The van der Waals surface area contributed by atoms with E-state index in [1.54, 1.807) is 0 Å². The zero-order chi connectivity index (χ0) is 9.94. The number of unbranched alkanes of at least 4 members (excludes halogenated alkanes) is 1. The number of nitrogens with zero attached hydrogens (tertiary/aromatic N) is 1. The van der Waals surface area contributed by atoms with Gasteiger partial charge in [-0.1, -0.05) is 26.0 Å². The van der Waals surface area contributed by atoms with Crippen LogP contribution in [0.4, 0.5) is 0 Å². The van der Waals surface area contributed by atoms with E-state index >= 15 is 0 Å². The maximum absolute atomic E-state index is 3.70. The molecule has 0 spiro atoms. The van der Waals surface area contributed by atoms with Gasteiger partial charge in [-0.15, -0.1) is 6.58 Å². The molecule has 0 atom stereocenters. The summed E-state index contributed by atoms with van der Waals surface area (Å²) in [6.45, 7) is 10.5. The molecule has 0 bridgehead atoms. The van der Waals surface area contributed by atoms with E-state index < -0.39 is 0 Å². The molecule has 0 N–H and O–H groups in total. The van der Waals surface area contributed by atoms with Crippen molar-refractivity contribution in [2.75, 3.05) is 13.1 Å². The van der Waals surface area contributed by atoms with Crippen molar-refractivity contribution in [2.45, 2.75) is 39.5 Å². The van der Waals surface area contributed by atoms with Crippen LogP contribution in [-0.4, -0.2) is 18.0 Å². The van der Waals surface area contributed by atoms with Gasteiger partial charge in [0.25, 0.3) is 0 Å². The van der Waals surface area contributed by atoms with E-state index in [-0.39, 0.29) is 0 Å². The number of hydrogen-bond acceptors (Lipinski definition) is 1. The summed E-state index contributed by atoms with van der Waals surface area (Å²) in [5, 5.41) is 0. The maximum atomic E-state index is 3.70. The highest BCUT2D eigenvalue weighted by Gasteiger charge is 1.93. The zero-order valence-electron chi connectivity index (χ0n) is 9.13. The summed E-state index contributed by atoms with van der Waals surface area (Å²) < 4.78 is 0. The highest BCUT2D eigenvalue weighted by molar-refractivity contribution is 4.84. The third kappa shape index (κ3) is 7.63. The van der Waals surface area contributed by atoms with Gasteiger partial charge in [0.15, 0.2) is 0 Å². The Morgan fingerprint density at radius 1 is 1.08 bits per heavy atom. The number of allylic oxidation sites excluding steroid dienone is 2. The molecule has 0 aliphatic rings. The van der Waals surface area contributed by atoms with E-state index in [2.05, 4.69) is 37.6 Å². The zero-order valence-corrected chi connectivity index (χ0v) is 9.13. The predicted octanol–water partition coefficient (Wildman–Crippen LogP) is 3.59. The molecular weight excluding hydrogens is 158 g/mol. The molecule has 0 aromatic rings. The summed E-state index contributed by atoms with van der Waals surface area (Å²) in [6.07, 6.45) is 11.1. The lowest BCUT2D eigenvalue weighted by atomic mass is 10.3. The second-order valence-electron chi connectivity index (χ2n) is 3.29. The van der Waals surface area contributed by atoms with Gasteiger partial charge >= 0.3 is 0 Å². The fourth-order valence-corrected chi connectivity index (χ4v) is 1.27. The normalized spacial score (nSPS) is 10.6. The lowest BCUT2D eigenvalue weighted by Crippen LogP contribution is -2.18. The van der Waals surface area contributed by atoms with Crippen LogP contribution in [0.1, 0.15) is 39.5 Å². The molecule has 0 amide bonds. The molecule has 0 rings (SSSR count). The van der Waals surface area contributed by atoms with Gasteiger partial charge in [0.2, 0.25) is 0 Å². The number of rotatable bonds is 8. The molecule has 0 fully saturated rings. The molecule has 0 aliphatic heterocycles. The molecule has 76 valence electrons. The topological polar surface area (TPSA) is 3.24 Å². The summed E-state index contributed by atoms with van der Waals surface area (Å²) in [7, 11) is 0. The van der Waals surface area contributed by atoms with E-state index in [0.717, 1.165) is 12.8 Å². The van der Waals surface area contributed by atoms with Crippen molar-refractivity contribution in [2.24, 2.45) is 0 Å².